The minimum Gasteiger partial charge on any atom is -0.496 e. The van der Waals surface area contributed by atoms with E-state index < -0.39 is 23.5 Å². The second-order valence-corrected chi connectivity index (χ2v) is 10.3. The molecule has 1 radical (unpaired) electrons. The monoisotopic (exact) mass is 541 g/mol. The first-order valence-corrected chi connectivity index (χ1v) is 13.3. The molecule has 1 unspecified atom stereocenters. The summed E-state index contributed by atoms with van der Waals surface area (Å²) in [4.78, 5) is 4.83. The molecule has 1 heterocycles. The lowest BCUT2D eigenvalue weighted by Gasteiger charge is -2.34. The zero-order chi connectivity index (χ0) is 27.3. The lowest BCUT2D eigenvalue weighted by atomic mass is 9.94. The molecule has 0 bridgehead atoms. The van der Waals surface area contributed by atoms with Crippen LogP contribution in [0.3, 0.4) is 0 Å². The van der Waals surface area contributed by atoms with Crippen molar-refractivity contribution >= 4 is 0 Å². The average molecular weight is 542 g/mol. The lowest BCUT2D eigenvalue weighted by molar-refractivity contribution is -0.143. The molecule has 0 spiro atoms. The van der Waals surface area contributed by atoms with E-state index in [2.05, 4.69) is 9.80 Å². The second kappa shape index (κ2) is 12.3. The van der Waals surface area contributed by atoms with E-state index in [1.165, 1.54) is 32.1 Å². The third-order valence-corrected chi connectivity index (χ3v) is 7.73. The zero-order valence-corrected chi connectivity index (χ0v) is 21.6. The maximum atomic E-state index is 13.4. The Balaban J connectivity index is 1.59. The van der Waals surface area contributed by atoms with Crippen LogP contribution >= 0.6 is 0 Å². The number of alkyl halides is 6. The molecule has 1 aliphatic carbocycles. The van der Waals surface area contributed by atoms with Crippen molar-refractivity contribution in [2.45, 2.75) is 69.4 Å². The smallest absolute Gasteiger partial charge is 0.416 e. The van der Waals surface area contributed by atoms with Crippen molar-refractivity contribution < 1.29 is 31.1 Å². The molecule has 0 amide bonds. The molecule has 1 atom stereocenters. The topological polar surface area (TPSA) is 15.7 Å². The fourth-order valence-electron chi connectivity index (χ4n) is 5.82. The molecule has 0 N–H and O–H groups in total. The van der Waals surface area contributed by atoms with Crippen LogP contribution in [-0.2, 0) is 18.8 Å². The Kier molecular flexibility index (Phi) is 9.29. The molecule has 1 saturated carbocycles. The van der Waals surface area contributed by atoms with Crippen LogP contribution in [0.1, 0.15) is 66.8 Å². The molecule has 2 aromatic carbocycles. The predicted octanol–water partition coefficient (Wildman–Crippen LogP) is 7.56. The maximum Gasteiger partial charge on any atom is 0.416 e. The Labute approximate surface area is 220 Å². The van der Waals surface area contributed by atoms with Crippen molar-refractivity contribution in [1.82, 2.24) is 9.80 Å². The van der Waals surface area contributed by atoms with Gasteiger partial charge in [-0.05, 0) is 68.5 Å². The van der Waals surface area contributed by atoms with E-state index in [9.17, 15) is 26.3 Å². The van der Waals surface area contributed by atoms with E-state index >= 15 is 0 Å². The normalized spacial score (nSPS) is 19.8. The number of rotatable bonds is 7. The molecule has 38 heavy (non-hydrogen) atoms. The van der Waals surface area contributed by atoms with Crippen LogP contribution in [0.2, 0.25) is 0 Å². The summed E-state index contributed by atoms with van der Waals surface area (Å²) in [6, 6.07) is 9.54. The number of benzene rings is 2. The van der Waals surface area contributed by atoms with Crippen LogP contribution in [0, 0.1) is 6.42 Å². The Morgan fingerprint density at radius 3 is 2.13 bits per heavy atom. The van der Waals surface area contributed by atoms with Crippen LogP contribution in [0.5, 0.6) is 5.75 Å². The Morgan fingerprint density at radius 1 is 0.842 bits per heavy atom. The fraction of sp³-hybridized carbons (Fsp3) is 0.552. The molecule has 209 valence electrons. The van der Waals surface area contributed by atoms with Crippen molar-refractivity contribution in [1.29, 1.82) is 0 Å². The van der Waals surface area contributed by atoms with Gasteiger partial charge in [-0.25, -0.2) is 0 Å². The average Bonchev–Trinajstić information content (AvgIpc) is 3.15. The summed E-state index contributed by atoms with van der Waals surface area (Å²) in [7, 11) is 1.56. The summed E-state index contributed by atoms with van der Waals surface area (Å²) in [5, 5.41) is 0. The minimum absolute atomic E-state index is 0.0225. The molecule has 2 aliphatic rings. The van der Waals surface area contributed by atoms with Gasteiger partial charge in [0.15, 0.2) is 0 Å². The molecule has 2 aromatic rings. The number of methoxy groups -OCH3 is 1. The van der Waals surface area contributed by atoms with Gasteiger partial charge in [-0.15, -0.1) is 0 Å². The number of hydrogen-bond acceptors (Lipinski definition) is 3. The van der Waals surface area contributed by atoms with Crippen LogP contribution in [0.15, 0.2) is 42.5 Å². The first-order valence-electron chi connectivity index (χ1n) is 13.3. The van der Waals surface area contributed by atoms with Gasteiger partial charge in [-0.3, -0.25) is 9.80 Å². The molecule has 2 fully saturated rings. The first-order chi connectivity index (χ1) is 18.1. The van der Waals surface area contributed by atoms with E-state index in [1.54, 1.807) is 7.11 Å². The van der Waals surface area contributed by atoms with Crippen molar-refractivity contribution in [3.05, 3.63) is 71.1 Å². The van der Waals surface area contributed by atoms with Gasteiger partial charge in [-0.1, -0.05) is 37.5 Å². The SMILES string of the molecule is COc1ccccc1C([CH]Cc1cc(C(F)(F)F)cc(C(F)(F)F)c1)N1CCCN(C2CCCCC2)CC1. The number of nitrogens with zero attached hydrogens (tertiary/aromatic N) is 2. The highest BCUT2D eigenvalue weighted by Gasteiger charge is 2.37. The van der Waals surface area contributed by atoms with E-state index in [0.717, 1.165) is 50.3 Å². The zero-order valence-electron chi connectivity index (χ0n) is 21.6. The van der Waals surface area contributed by atoms with E-state index in [4.69, 9.17) is 4.74 Å². The molecule has 0 aromatic heterocycles. The Hall–Kier alpha value is -2.26. The van der Waals surface area contributed by atoms with Crippen LogP contribution in [-0.4, -0.2) is 49.1 Å². The standard InChI is InChI=1S/C29H35F6N2O/c1-38-27-11-6-5-10-25(27)26(37-15-7-14-36(16-17-37)24-8-3-2-4-9-24)13-12-21-18-22(28(30,31)32)20-23(19-21)29(33,34)35/h5-6,10-11,13,18-20,24,26H,2-4,7-9,12,14-17H2,1H3. The van der Waals surface area contributed by atoms with E-state index in [-0.39, 0.29) is 24.1 Å². The Bertz CT molecular complexity index is 1020. The number of hydrogen-bond donors (Lipinski definition) is 0. The van der Waals surface area contributed by atoms with Crippen LogP contribution in [0.25, 0.3) is 0 Å². The predicted molar refractivity (Wildman–Crippen MR) is 135 cm³/mol. The number of ether oxygens (including phenoxy) is 1. The quantitative estimate of drug-likeness (QED) is 0.337. The molecule has 1 aliphatic heterocycles. The maximum absolute atomic E-state index is 13.4. The van der Waals surface area contributed by atoms with Gasteiger partial charge in [0.25, 0.3) is 0 Å². The molecule has 9 heteroatoms. The lowest BCUT2D eigenvalue weighted by Crippen LogP contribution is -2.40. The summed E-state index contributed by atoms with van der Waals surface area (Å²) in [5.41, 5.74) is -1.75. The summed E-state index contributed by atoms with van der Waals surface area (Å²) < 4.78 is 86.1. The Morgan fingerprint density at radius 2 is 1.50 bits per heavy atom. The highest BCUT2D eigenvalue weighted by Crippen LogP contribution is 2.38. The second-order valence-electron chi connectivity index (χ2n) is 10.3. The number of halogens is 6. The summed E-state index contributed by atoms with van der Waals surface area (Å²) in [6.07, 6.45) is -0.819. The van der Waals surface area contributed by atoms with E-state index in [0.29, 0.717) is 11.8 Å². The molecular formula is C29H35F6N2O. The van der Waals surface area contributed by atoms with Gasteiger partial charge in [-0.2, -0.15) is 26.3 Å². The minimum atomic E-state index is -4.87. The number of para-hydroxylation sites is 1. The molecular weight excluding hydrogens is 506 g/mol. The van der Waals surface area contributed by atoms with Gasteiger partial charge in [0.05, 0.1) is 18.2 Å². The van der Waals surface area contributed by atoms with Crippen molar-refractivity contribution in [2.24, 2.45) is 0 Å². The van der Waals surface area contributed by atoms with Gasteiger partial charge in [0, 0.05) is 37.3 Å². The van der Waals surface area contributed by atoms with Gasteiger partial charge < -0.3 is 4.74 Å². The summed E-state index contributed by atoms with van der Waals surface area (Å²) in [5.74, 6) is 0.641. The van der Waals surface area contributed by atoms with E-state index in [1.807, 2.05) is 30.7 Å². The molecule has 4 rings (SSSR count). The first kappa shape index (κ1) is 28.7. The van der Waals surface area contributed by atoms with Crippen LogP contribution in [0.4, 0.5) is 26.3 Å². The largest absolute Gasteiger partial charge is 0.496 e. The van der Waals surface area contributed by atoms with Crippen molar-refractivity contribution in [2.75, 3.05) is 33.3 Å². The third kappa shape index (κ3) is 7.23. The summed E-state index contributed by atoms with van der Waals surface area (Å²) in [6.45, 7) is 3.40. The van der Waals surface area contributed by atoms with Gasteiger partial charge in [0.1, 0.15) is 5.75 Å². The fourth-order valence-corrected chi connectivity index (χ4v) is 5.82. The van der Waals surface area contributed by atoms with Gasteiger partial charge in [0.2, 0.25) is 0 Å². The highest BCUT2D eigenvalue weighted by atomic mass is 19.4. The molecule has 1 saturated heterocycles. The van der Waals surface area contributed by atoms with Crippen LogP contribution < -0.4 is 4.74 Å². The third-order valence-electron chi connectivity index (χ3n) is 7.73. The van der Waals surface area contributed by atoms with Gasteiger partial charge >= 0.3 is 12.4 Å². The highest BCUT2D eigenvalue weighted by molar-refractivity contribution is 5.39. The summed E-state index contributed by atoms with van der Waals surface area (Å²) >= 11 is 0. The van der Waals surface area contributed by atoms with Crippen molar-refractivity contribution in [3.8, 4) is 5.75 Å². The van der Waals surface area contributed by atoms with Crippen molar-refractivity contribution in [3.63, 3.8) is 0 Å². The molecule has 3 nitrogen and oxygen atoms in total.